The van der Waals surface area contributed by atoms with Gasteiger partial charge in [0.25, 0.3) is 0 Å². The third kappa shape index (κ3) is 3.91. The van der Waals surface area contributed by atoms with E-state index in [1.54, 1.807) is 6.07 Å². The zero-order chi connectivity index (χ0) is 13.8. The summed E-state index contributed by atoms with van der Waals surface area (Å²) in [6, 6.07) is 4.59. The summed E-state index contributed by atoms with van der Waals surface area (Å²) in [5, 5.41) is 12.8. The lowest BCUT2D eigenvalue weighted by Crippen LogP contribution is -2.36. The van der Waals surface area contributed by atoms with Crippen LogP contribution in [0.15, 0.2) is 18.2 Å². The van der Waals surface area contributed by atoms with Gasteiger partial charge in [-0.1, -0.05) is 18.0 Å². The van der Waals surface area contributed by atoms with Crippen molar-refractivity contribution in [2.75, 3.05) is 0 Å². The standard InChI is InChI=1S/C14H17ClFNO2/c15-11-4-5-13(16)10(6-11)8-17-12-3-1-2-9(7-12)14(18)19/h4-6,9,12,17H,1-3,7-8H2,(H,18,19). The summed E-state index contributed by atoms with van der Waals surface area (Å²) in [7, 11) is 0. The smallest absolute Gasteiger partial charge is 0.306 e. The van der Waals surface area contributed by atoms with Crippen LogP contribution in [-0.4, -0.2) is 17.1 Å². The van der Waals surface area contributed by atoms with E-state index in [0.717, 1.165) is 19.3 Å². The minimum absolute atomic E-state index is 0.133. The first kappa shape index (κ1) is 14.3. The Hall–Kier alpha value is -1.13. The lowest BCUT2D eigenvalue weighted by molar-refractivity contribution is -0.143. The average molecular weight is 286 g/mol. The molecule has 1 aromatic rings. The van der Waals surface area contributed by atoms with E-state index >= 15 is 0 Å². The molecule has 19 heavy (non-hydrogen) atoms. The molecule has 0 aromatic heterocycles. The van der Waals surface area contributed by atoms with Crippen molar-refractivity contribution in [3.05, 3.63) is 34.6 Å². The lowest BCUT2D eigenvalue weighted by Gasteiger charge is -2.27. The number of hydrogen-bond donors (Lipinski definition) is 2. The molecule has 104 valence electrons. The van der Waals surface area contributed by atoms with Gasteiger partial charge in [0.05, 0.1) is 5.92 Å². The van der Waals surface area contributed by atoms with Gasteiger partial charge in [0.2, 0.25) is 0 Å². The molecule has 0 saturated heterocycles. The Kier molecular flexibility index (Phi) is 4.77. The van der Waals surface area contributed by atoms with Crippen molar-refractivity contribution in [2.45, 2.75) is 38.3 Å². The number of benzene rings is 1. The molecule has 3 nitrogen and oxygen atoms in total. The van der Waals surface area contributed by atoms with Gasteiger partial charge in [-0.25, -0.2) is 4.39 Å². The molecule has 1 aliphatic rings. The first-order chi connectivity index (χ1) is 9.06. The van der Waals surface area contributed by atoms with E-state index in [9.17, 15) is 9.18 Å². The Morgan fingerprint density at radius 1 is 1.47 bits per heavy atom. The fourth-order valence-corrected chi connectivity index (χ4v) is 2.73. The third-order valence-electron chi connectivity index (χ3n) is 3.61. The number of carboxylic acid groups (broad SMARTS) is 1. The van der Waals surface area contributed by atoms with Gasteiger partial charge >= 0.3 is 5.97 Å². The second-order valence-electron chi connectivity index (χ2n) is 5.02. The molecule has 2 unspecified atom stereocenters. The Bertz CT molecular complexity index is 467. The van der Waals surface area contributed by atoms with Gasteiger partial charge in [0.1, 0.15) is 5.82 Å². The van der Waals surface area contributed by atoms with Crippen LogP contribution in [0.4, 0.5) is 4.39 Å². The monoisotopic (exact) mass is 285 g/mol. The van der Waals surface area contributed by atoms with Crippen molar-refractivity contribution in [1.82, 2.24) is 5.32 Å². The Morgan fingerprint density at radius 2 is 2.26 bits per heavy atom. The molecule has 5 heteroatoms. The maximum Gasteiger partial charge on any atom is 0.306 e. The van der Waals surface area contributed by atoms with Crippen LogP contribution < -0.4 is 5.32 Å². The molecule has 2 atom stereocenters. The van der Waals surface area contributed by atoms with E-state index in [-0.39, 0.29) is 17.8 Å². The molecule has 0 heterocycles. The van der Waals surface area contributed by atoms with E-state index < -0.39 is 5.97 Å². The fraction of sp³-hybridized carbons (Fsp3) is 0.500. The number of hydrogen-bond acceptors (Lipinski definition) is 2. The zero-order valence-electron chi connectivity index (χ0n) is 10.5. The van der Waals surface area contributed by atoms with Gasteiger partial charge in [-0.3, -0.25) is 4.79 Å². The number of nitrogens with one attached hydrogen (secondary N) is 1. The van der Waals surface area contributed by atoms with Crippen LogP contribution in [0.25, 0.3) is 0 Å². The van der Waals surface area contributed by atoms with Crippen LogP contribution in [0.5, 0.6) is 0 Å². The molecule has 0 amide bonds. The van der Waals surface area contributed by atoms with Crippen LogP contribution in [0.1, 0.15) is 31.2 Å². The first-order valence-corrected chi connectivity index (χ1v) is 6.84. The summed E-state index contributed by atoms with van der Waals surface area (Å²) >= 11 is 5.83. The average Bonchev–Trinajstić information content (AvgIpc) is 2.40. The van der Waals surface area contributed by atoms with Crippen molar-refractivity contribution in [1.29, 1.82) is 0 Å². The predicted octanol–water partition coefficient (Wildman–Crippen LogP) is 3.21. The normalized spacial score (nSPS) is 23.3. The van der Waals surface area contributed by atoms with Gasteiger partial charge in [0.15, 0.2) is 0 Å². The number of carbonyl (C=O) groups is 1. The van der Waals surface area contributed by atoms with Crippen LogP contribution in [0.2, 0.25) is 5.02 Å². The van der Waals surface area contributed by atoms with Crippen molar-refractivity contribution >= 4 is 17.6 Å². The van der Waals surface area contributed by atoms with Gasteiger partial charge in [-0.15, -0.1) is 0 Å². The summed E-state index contributed by atoms with van der Waals surface area (Å²) in [5.74, 6) is -1.31. The van der Waals surface area contributed by atoms with Gasteiger partial charge < -0.3 is 10.4 Å². The molecule has 1 saturated carbocycles. The van der Waals surface area contributed by atoms with Crippen molar-refractivity contribution in [2.24, 2.45) is 5.92 Å². The molecular weight excluding hydrogens is 269 g/mol. The highest BCUT2D eigenvalue weighted by atomic mass is 35.5. The maximum atomic E-state index is 13.5. The Balaban J connectivity index is 1.91. The molecule has 1 aromatic carbocycles. The molecule has 0 aliphatic heterocycles. The summed E-state index contributed by atoms with van der Waals surface area (Å²) < 4.78 is 13.5. The Labute approximate surface area is 116 Å². The topological polar surface area (TPSA) is 49.3 Å². The minimum atomic E-state index is -0.736. The third-order valence-corrected chi connectivity index (χ3v) is 3.85. The van der Waals surface area contributed by atoms with E-state index in [1.807, 2.05) is 0 Å². The Morgan fingerprint density at radius 3 is 3.00 bits per heavy atom. The highest BCUT2D eigenvalue weighted by Gasteiger charge is 2.26. The van der Waals surface area contributed by atoms with E-state index in [1.165, 1.54) is 12.1 Å². The molecule has 2 N–H and O–H groups in total. The quantitative estimate of drug-likeness (QED) is 0.893. The highest BCUT2D eigenvalue weighted by molar-refractivity contribution is 6.30. The summed E-state index contributed by atoms with van der Waals surface area (Å²) in [5.41, 5.74) is 0.518. The van der Waals surface area contributed by atoms with E-state index in [4.69, 9.17) is 16.7 Å². The van der Waals surface area contributed by atoms with Gasteiger partial charge in [0, 0.05) is 23.2 Å². The highest BCUT2D eigenvalue weighted by Crippen LogP contribution is 2.25. The minimum Gasteiger partial charge on any atom is -0.481 e. The van der Waals surface area contributed by atoms with Crippen LogP contribution in [0.3, 0.4) is 0 Å². The fourth-order valence-electron chi connectivity index (χ4n) is 2.53. The van der Waals surface area contributed by atoms with Gasteiger partial charge in [-0.2, -0.15) is 0 Å². The van der Waals surface area contributed by atoms with E-state index in [0.29, 0.717) is 23.6 Å². The van der Waals surface area contributed by atoms with Crippen molar-refractivity contribution in [3.63, 3.8) is 0 Å². The maximum absolute atomic E-state index is 13.5. The molecule has 0 spiro atoms. The SMILES string of the molecule is O=C(O)C1CCCC(NCc2cc(Cl)ccc2F)C1. The number of aliphatic carboxylic acids is 1. The lowest BCUT2D eigenvalue weighted by atomic mass is 9.86. The van der Waals surface area contributed by atoms with E-state index in [2.05, 4.69) is 5.32 Å². The summed E-state index contributed by atoms with van der Waals surface area (Å²) in [4.78, 5) is 11.0. The summed E-state index contributed by atoms with van der Waals surface area (Å²) in [6.45, 7) is 0.378. The second-order valence-corrected chi connectivity index (χ2v) is 5.45. The van der Waals surface area contributed by atoms with Gasteiger partial charge in [-0.05, 0) is 37.5 Å². The molecule has 1 aliphatic carbocycles. The van der Waals surface area contributed by atoms with Crippen LogP contribution in [-0.2, 0) is 11.3 Å². The summed E-state index contributed by atoms with van der Waals surface area (Å²) in [6.07, 6.45) is 3.18. The number of carboxylic acids is 1. The molecule has 1 fully saturated rings. The predicted molar refractivity (Wildman–Crippen MR) is 71.6 cm³/mol. The molecule has 0 radical (unpaired) electrons. The second kappa shape index (κ2) is 6.35. The number of halogens is 2. The molecular formula is C14H17ClFNO2. The molecule has 0 bridgehead atoms. The van der Waals surface area contributed by atoms with Crippen LogP contribution >= 0.6 is 11.6 Å². The zero-order valence-corrected chi connectivity index (χ0v) is 11.3. The molecule has 2 rings (SSSR count). The van der Waals surface area contributed by atoms with Crippen molar-refractivity contribution < 1.29 is 14.3 Å². The van der Waals surface area contributed by atoms with Crippen LogP contribution in [0, 0.1) is 11.7 Å². The number of rotatable bonds is 4. The van der Waals surface area contributed by atoms with Crippen molar-refractivity contribution in [3.8, 4) is 0 Å². The first-order valence-electron chi connectivity index (χ1n) is 6.46. The largest absolute Gasteiger partial charge is 0.481 e.